The van der Waals surface area contributed by atoms with Crippen LogP contribution >= 0.6 is 15.9 Å². The molecule has 0 aliphatic carbocycles. The number of benzene rings is 2. The van der Waals surface area contributed by atoms with Gasteiger partial charge in [-0.3, -0.25) is 14.5 Å². The summed E-state index contributed by atoms with van der Waals surface area (Å²) in [6.07, 6.45) is 1.49. The smallest absolute Gasteiger partial charge is 0.300 e. The number of furan rings is 1. The Morgan fingerprint density at radius 3 is 2.40 bits per heavy atom. The number of hydrogen-bond donors (Lipinski definition) is 1. The minimum atomic E-state index is -0.856. The fraction of sp³-hybridized carbons (Fsp3) is 0.167. The Balaban J connectivity index is 1.93. The number of halogens is 1. The number of carbonyl (C=O) groups excluding carboxylic acids is 2. The molecule has 1 amide bonds. The second-order valence-corrected chi connectivity index (χ2v) is 8.27. The molecule has 6 heteroatoms. The molecule has 0 radical (unpaired) electrons. The van der Waals surface area contributed by atoms with Crippen LogP contribution in [0.15, 0.2) is 69.3 Å². The third-order valence-corrected chi connectivity index (χ3v) is 6.35. The van der Waals surface area contributed by atoms with Crippen molar-refractivity contribution in [2.45, 2.75) is 26.8 Å². The van der Waals surface area contributed by atoms with Crippen molar-refractivity contribution in [1.82, 2.24) is 0 Å². The molecule has 1 aliphatic rings. The summed E-state index contributed by atoms with van der Waals surface area (Å²) in [7, 11) is 0. The van der Waals surface area contributed by atoms with Crippen molar-refractivity contribution in [2.24, 2.45) is 0 Å². The molecule has 0 saturated carbocycles. The van der Waals surface area contributed by atoms with Gasteiger partial charge in [0.25, 0.3) is 11.7 Å². The van der Waals surface area contributed by atoms with E-state index in [2.05, 4.69) is 15.9 Å². The van der Waals surface area contributed by atoms with E-state index < -0.39 is 17.7 Å². The van der Waals surface area contributed by atoms with Gasteiger partial charge in [0.15, 0.2) is 0 Å². The number of nitrogens with zero attached hydrogens (tertiary/aromatic N) is 1. The van der Waals surface area contributed by atoms with Gasteiger partial charge in [0.2, 0.25) is 0 Å². The first-order valence-corrected chi connectivity index (χ1v) is 10.3. The van der Waals surface area contributed by atoms with Crippen molar-refractivity contribution in [3.05, 3.63) is 92.9 Å². The zero-order chi connectivity index (χ0) is 21.6. The Morgan fingerprint density at radius 1 is 1.00 bits per heavy atom. The van der Waals surface area contributed by atoms with Crippen molar-refractivity contribution in [1.29, 1.82) is 0 Å². The Kier molecular flexibility index (Phi) is 5.12. The van der Waals surface area contributed by atoms with E-state index in [0.717, 1.165) is 21.2 Å². The van der Waals surface area contributed by atoms with Crippen molar-refractivity contribution in [2.75, 3.05) is 4.90 Å². The second-order valence-electron chi connectivity index (χ2n) is 7.42. The number of carbonyl (C=O) groups is 2. The lowest BCUT2D eigenvalue weighted by molar-refractivity contribution is -0.132. The normalized spacial score (nSPS) is 18.3. The number of aliphatic hydroxyl groups is 1. The maximum atomic E-state index is 13.1. The summed E-state index contributed by atoms with van der Waals surface area (Å²) in [4.78, 5) is 27.5. The van der Waals surface area contributed by atoms with Gasteiger partial charge in [0, 0.05) is 15.7 Å². The standard InChI is InChI=1S/C24H20BrNO4/c1-13-6-8-17(12-14(13)2)26-21(19-5-4-10-30-19)20(23(28)24(26)29)22(27)16-7-9-18(25)15(3)11-16/h4-12,21,27H,1-3H3/b22-20-. The van der Waals surface area contributed by atoms with Crippen LogP contribution in [0.5, 0.6) is 0 Å². The summed E-state index contributed by atoms with van der Waals surface area (Å²) in [6, 6.07) is 13.4. The van der Waals surface area contributed by atoms with E-state index in [9.17, 15) is 14.7 Å². The molecule has 3 aromatic rings. The molecule has 1 saturated heterocycles. The number of Topliss-reactive ketones (excluding diaryl/α,β-unsaturated/α-hetero) is 1. The van der Waals surface area contributed by atoms with Gasteiger partial charge < -0.3 is 9.52 Å². The highest BCUT2D eigenvalue weighted by Gasteiger charge is 2.48. The number of ketones is 1. The van der Waals surface area contributed by atoms with Gasteiger partial charge in [-0.05, 0) is 73.9 Å². The third-order valence-electron chi connectivity index (χ3n) is 5.46. The molecule has 1 aromatic heterocycles. The molecule has 2 aromatic carbocycles. The maximum Gasteiger partial charge on any atom is 0.300 e. The number of hydrogen-bond acceptors (Lipinski definition) is 4. The van der Waals surface area contributed by atoms with Gasteiger partial charge in [0.1, 0.15) is 17.6 Å². The van der Waals surface area contributed by atoms with Crippen LogP contribution in [0.3, 0.4) is 0 Å². The van der Waals surface area contributed by atoms with E-state index in [-0.39, 0.29) is 11.3 Å². The minimum absolute atomic E-state index is 0.00917. The summed E-state index contributed by atoms with van der Waals surface area (Å²) in [5.74, 6) is -1.26. The summed E-state index contributed by atoms with van der Waals surface area (Å²) >= 11 is 3.44. The average Bonchev–Trinajstić information content (AvgIpc) is 3.33. The lowest BCUT2D eigenvalue weighted by Gasteiger charge is -2.24. The van der Waals surface area contributed by atoms with E-state index >= 15 is 0 Å². The Labute approximate surface area is 182 Å². The molecule has 2 heterocycles. The molecule has 4 rings (SSSR count). The van der Waals surface area contributed by atoms with Crippen LogP contribution in [-0.2, 0) is 9.59 Å². The lowest BCUT2D eigenvalue weighted by Crippen LogP contribution is -2.29. The molecule has 1 unspecified atom stereocenters. The summed E-state index contributed by atoms with van der Waals surface area (Å²) < 4.78 is 6.47. The minimum Gasteiger partial charge on any atom is -0.507 e. The highest BCUT2D eigenvalue weighted by molar-refractivity contribution is 9.10. The number of rotatable bonds is 3. The summed E-state index contributed by atoms with van der Waals surface area (Å²) in [5.41, 5.74) is 4.02. The molecule has 1 atom stereocenters. The topological polar surface area (TPSA) is 70.8 Å². The van der Waals surface area contributed by atoms with Crippen molar-refractivity contribution in [3.8, 4) is 0 Å². The second kappa shape index (κ2) is 7.61. The number of aryl methyl sites for hydroxylation is 3. The monoisotopic (exact) mass is 465 g/mol. The number of aliphatic hydroxyl groups excluding tert-OH is 1. The fourth-order valence-electron chi connectivity index (χ4n) is 3.64. The van der Waals surface area contributed by atoms with Crippen LogP contribution < -0.4 is 4.90 Å². The van der Waals surface area contributed by atoms with Crippen LogP contribution in [0, 0.1) is 20.8 Å². The van der Waals surface area contributed by atoms with Crippen LogP contribution in [0.1, 0.15) is 34.1 Å². The fourth-order valence-corrected chi connectivity index (χ4v) is 3.88. The van der Waals surface area contributed by atoms with E-state index in [1.54, 1.807) is 36.4 Å². The molecule has 152 valence electrons. The molecular weight excluding hydrogens is 446 g/mol. The van der Waals surface area contributed by atoms with Gasteiger partial charge >= 0.3 is 0 Å². The molecule has 1 fully saturated rings. The van der Waals surface area contributed by atoms with E-state index in [0.29, 0.717) is 17.0 Å². The van der Waals surface area contributed by atoms with Crippen LogP contribution in [-0.4, -0.2) is 16.8 Å². The number of amides is 1. The first kappa shape index (κ1) is 20.2. The first-order valence-electron chi connectivity index (χ1n) is 9.47. The molecule has 0 bridgehead atoms. The lowest BCUT2D eigenvalue weighted by atomic mass is 9.98. The Morgan fingerprint density at radius 2 is 1.77 bits per heavy atom. The molecule has 0 spiro atoms. The van der Waals surface area contributed by atoms with Gasteiger partial charge in [-0.15, -0.1) is 0 Å². The molecule has 30 heavy (non-hydrogen) atoms. The average molecular weight is 466 g/mol. The molecule has 5 nitrogen and oxygen atoms in total. The van der Waals surface area contributed by atoms with Gasteiger partial charge in [0.05, 0.1) is 11.8 Å². The molecular formula is C24H20BrNO4. The zero-order valence-electron chi connectivity index (χ0n) is 16.8. The highest BCUT2D eigenvalue weighted by atomic mass is 79.9. The first-order chi connectivity index (χ1) is 14.3. The quantitative estimate of drug-likeness (QED) is 0.310. The van der Waals surface area contributed by atoms with Gasteiger partial charge in [-0.25, -0.2) is 0 Å². The molecule has 1 N–H and O–H groups in total. The maximum absolute atomic E-state index is 13.1. The van der Waals surface area contributed by atoms with Gasteiger partial charge in [-0.1, -0.05) is 28.1 Å². The third kappa shape index (κ3) is 3.27. The predicted molar refractivity (Wildman–Crippen MR) is 118 cm³/mol. The van der Waals surface area contributed by atoms with Crippen LogP contribution in [0.25, 0.3) is 5.76 Å². The largest absolute Gasteiger partial charge is 0.507 e. The Bertz CT molecular complexity index is 1190. The SMILES string of the molecule is Cc1ccc(N2C(=O)C(=O)/C(=C(\O)c3ccc(Br)c(C)c3)C2c2ccco2)cc1C. The van der Waals surface area contributed by atoms with E-state index in [1.807, 2.05) is 32.9 Å². The Hall–Kier alpha value is -3.12. The van der Waals surface area contributed by atoms with Crippen LogP contribution in [0.2, 0.25) is 0 Å². The van der Waals surface area contributed by atoms with E-state index in [1.165, 1.54) is 11.2 Å². The van der Waals surface area contributed by atoms with Gasteiger partial charge in [-0.2, -0.15) is 0 Å². The van der Waals surface area contributed by atoms with E-state index in [4.69, 9.17) is 4.42 Å². The van der Waals surface area contributed by atoms with Crippen molar-refractivity contribution < 1.29 is 19.1 Å². The summed E-state index contributed by atoms with van der Waals surface area (Å²) in [5, 5.41) is 11.1. The highest BCUT2D eigenvalue weighted by Crippen LogP contribution is 2.42. The van der Waals surface area contributed by atoms with Crippen LogP contribution in [0.4, 0.5) is 5.69 Å². The molecule has 1 aliphatic heterocycles. The predicted octanol–water partition coefficient (Wildman–Crippen LogP) is 5.59. The number of anilines is 1. The summed E-state index contributed by atoms with van der Waals surface area (Å²) in [6.45, 7) is 5.81. The zero-order valence-corrected chi connectivity index (χ0v) is 18.4. The van der Waals surface area contributed by atoms with Crippen molar-refractivity contribution >= 4 is 39.1 Å². The van der Waals surface area contributed by atoms with Crippen molar-refractivity contribution in [3.63, 3.8) is 0 Å².